The predicted molar refractivity (Wildman–Crippen MR) is 166 cm³/mol. The molecule has 0 unspecified atom stereocenters. The fourth-order valence-corrected chi connectivity index (χ4v) is 6.41. The highest BCUT2D eigenvalue weighted by Crippen LogP contribution is 2.39. The van der Waals surface area contributed by atoms with E-state index in [1.165, 1.54) is 12.6 Å². The van der Waals surface area contributed by atoms with E-state index in [1.807, 2.05) is 19.3 Å². The Kier molecular flexibility index (Phi) is 7.07. The van der Waals surface area contributed by atoms with Crippen molar-refractivity contribution in [1.29, 1.82) is 0 Å². The topological polar surface area (TPSA) is 130 Å². The number of ether oxygens (including phenoxy) is 2. The summed E-state index contributed by atoms with van der Waals surface area (Å²) in [6.45, 7) is 5.74. The number of aryl methyl sites for hydroxylation is 2. The summed E-state index contributed by atoms with van der Waals surface area (Å²) in [5.74, 6) is 2.34. The molecule has 0 radical (unpaired) electrons. The van der Waals surface area contributed by atoms with E-state index < -0.39 is 12.1 Å². The van der Waals surface area contributed by atoms with E-state index in [1.54, 1.807) is 11.8 Å². The molecule has 1 fully saturated rings. The first-order valence-electron chi connectivity index (χ1n) is 15.0. The molecular weight excluding hydrogens is 558 g/mol. The van der Waals surface area contributed by atoms with Crippen LogP contribution in [-0.4, -0.2) is 67.7 Å². The number of likely N-dealkylation sites (tertiary alicyclic amines) is 1. The summed E-state index contributed by atoms with van der Waals surface area (Å²) in [5.41, 5.74) is 7.28. The highest BCUT2D eigenvalue weighted by Gasteiger charge is 2.34. The van der Waals surface area contributed by atoms with Crippen LogP contribution in [0.1, 0.15) is 43.9 Å². The second kappa shape index (κ2) is 11.2. The average Bonchev–Trinajstić information content (AvgIpc) is 3.83. The number of aromatic nitrogens is 5. The van der Waals surface area contributed by atoms with Crippen LogP contribution < -0.4 is 10.1 Å². The van der Waals surface area contributed by atoms with Crippen LogP contribution in [-0.2, 0) is 16.1 Å². The van der Waals surface area contributed by atoms with Gasteiger partial charge in [0.1, 0.15) is 23.4 Å². The van der Waals surface area contributed by atoms with Crippen molar-refractivity contribution in [3.05, 3.63) is 66.5 Å². The van der Waals surface area contributed by atoms with Gasteiger partial charge in [0.25, 0.3) is 0 Å². The molecule has 3 aromatic heterocycles. The summed E-state index contributed by atoms with van der Waals surface area (Å²) in [5, 5.41) is 3.71. The molecule has 7 rings (SSSR count). The molecule has 5 heterocycles. The smallest absolute Gasteiger partial charge is 0.407 e. The van der Waals surface area contributed by atoms with Gasteiger partial charge >= 0.3 is 6.09 Å². The lowest BCUT2D eigenvalue weighted by molar-refractivity contribution is -0.134. The SMILES string of the molecule is COC(=O)N[C@@H](C)C(=O)N1CCC[C@H]1c1ncc(-c2ccc3c(c2)cc2n3CCCOc3cc(-c4cnc(C)[nH]4)ccc3-2)[nH]1. The second-order valence-electron chi connectivity index (χ2n) is 11.5. The maximum atomic E-state index is 13.1. The first-order chi connectivity index (χ1) is 21.4. The zero-order chi connectivity index (χ0) is 30.4. The van der Waals surface area contributed by atoms with Crippen molar-refractivity contribution in [2.75, 3.05) is 20.3 Å². The van der Waals surface area contributed by atoms with Gasteiger partial charge in [-0.1, -0.05) is 12.1 Å². The normalized spacial score (nSPS) is 16.9. The van der Waals surface area contributed by atoms with Crippen molar-refractivity contribution in [3.8, 4) is 39.5 Å². The molecule has 11 nitrogen and oxygen atoms in total. The summed E-state index contributed by atoms with van der Waals surface area (Å²) < 4.78 is 13.3. The summed E-state index contributed by atoms with van der Waals surface area (Å²) in [6.07, 6.45) is 5.64. The van der Waals surface area contributed by atoms with Crippen LogP contribution in [0.5, 0.6) is 5.75 Å². The number of hydrogen-bond donors (Lipinski definition) is 3. The molecule has 2 aliphatic heterocycles. The number of carbonyl (C=O) groups excluding carboxylic acids is 2. The number of carbonyl (C=O) groups is 2. The third-order valence-corrected chi connectivity index (χ3v) is 8.60. The maximum absolute atomic E-state index is 13.1. The average molecular weight is 594 g/mol. The Morgan fingerprint density at radius 2 is 1.82 bits per heavy atom. The van der Waals surface area contributed by atoms with E-state index in [2.05, 4.69) is 77.0 Å². The number of imidazole rings is 2. The second-order valence-corrected chi connectivity index (χ2v) is 11.5. The Balaban J connectivity index is 1.18. The van der Waals surface area contributed by atoms with Gasteiger partial charge < -0.3 is 34.2 Å². The Morgan fingerprint density at radius 1 is 1.02 bits per heavy atom. The third-order valence-electron chi connectivity index (χ3n) is 8.60. The van der Waals surface area contributed by atoms with E-state index in [9.17, 15) is 9.59 Å². The number of amides is 2. The van der Waals surface area contributed by atoms with Gasteiger partial charge in [-0.25, -0.2) is 14.8 Å². The Bertz CT molecular complexity index is 1870. The van der Waals surface area contributed by atoms with Gasteiger partial charge in [0.15, 0.2) is 0 Å². The molecule has 0 saturated carbocycles. The molecule has 3 N–H and O–H groups in total. The molecule has 44 heavy (non-hydrogen) atoms. The number of nitrogens with zero attached hydrogens (tertiary/aromatic N) is 4. The lowest BCUT2D eigenvalue weighted by Gasteiger charge is -2.26. The van der Waals surface area contributed by atoms with Gasteiger partial charge in [-0.3, -0.25) is 4.79 Å². The third kappa shape index (κ3) is 4.97. The zero-order valence-electron chi connectivity index (χ0n) is 25.0. The minimum Gasteiger partial charge on any atom is -0.493 e. The van der Waals surface area contributed by atoms with Crippen LogP contribution in [0, 0.1) is 6.92 Å². The van der Waals surface area contributed by atoms with Crippen LogP contribution >= 0.6 is 0 Å². The summed E-state index contributed by atoms with van der Waals surface area (Å²) in [6, 6.07) is 14.2. The maximum Gasteiger partial charge on any atom is 0.407 e. The van der Waals surface area contributed by atoms with E-state index >= 15 is 0 Å². The molecule has 2 aliphatic rings. The quantitative estimate of drug-likeness (QED) is 0.244. The minimum atomic E-state index is -0.689. The number of benzene rings is 2. The van der Waals surface area contributed by atoms with Gasteiger partial charge in [0.05, 0.1) is 49.2 Å². The molecule has 226 valence electrons. The van der Waals surface area contributed by atoms with Crippen LogP contribution in [0.15, 0.2) is 54.9 Å². The predicted octanol–water partition coefficient (Wildman–Crippen LogP) is 5.59. The van der Waals surface area contributed by atoms with E-state index in [0.717, 1.165) is 82.4 Å². The van der Waals surface area contributed by atoms with Crippen molar-refractivity contribution in [3.63, 3.8) is 0 Å². The van der Waals surface area contributed by atoms with Gasteiger partial charge in [-0.15, -0.1) is 0 Å². The Hall–Kier alpha value is -5.06. The van der Waals surface area contributed by atoms with Gasteiger partial charge in [0.2, 0.25) is 5.91 Å². The first kappa shape index (κ1) is 27.8. The van der Waals surface area contributed by atoms with Crippen molar-refractivity contribution < 1.29 is 19.1 Å². The van der Waals surface area contributed by atoms with Crippen molar-refractivity contribution in [2.45, 2.75) is 51.7 Å². The standard InChI is InChI=1S/C33H35N7O4/c1-19(36-33(42)43-3)32(41)40-11-4-6-28(40)31-35-18-26(38-31)21-8-10-27-23(14-21)15-29-24-9-7-22(25-17-34-20(2)37-25)16-30(24)44-13-5-12-39(27)29/h7-10,14-19,28H,4-6,11-13H2,1-3H3,(H,34,37)(H,35,38)(H,36,42)/t19-,28-/m0/s1. The first-order valence-corrected chi connectivity index (χ1v) is 15.0. The van der Waals surface area contributed by atoms with Crippen LogP contribution in [0.3, 0.4) is 0 Å². The van der Waals surface area contributed by atoms with Crippen LogP contribution in [0.4, 0.5) is 4.79 Å². The molecule has 0 bridgehead atoms. The fourth-order valence-electron chi connectivity index (χ4n) is 6.41. The van der Waals surface area contributed by atoms with Gasteiger partial charge in [0, 0.05) is 40.7 Å². The van der Waals surface area contributed by atoms with E-state index in [4.69, 9.17) is 4.74 Å². The number of aromatic amines is 2. The number of H-pyrrole nitrogens is 2. The number of fused-ring (bicyclic) bond motifs is 5. The van der Waals surface area contributed by atoms with Gasteiger partial charge in [-0.05, 0) is 63.4 Å². The molecule has 2 amide bonds. The van der Waals surface area contributed by atoms with Gasteiger partial charge in [-0.2, -0.15) is 0 Å². The van der Waals surface area contributed by atoms with E-state index in [-0.39, 0.29) is 11.9 Å². The summed E-state index contributed by atoms with van der Waals surface area (Å²) in [4.78, 5) is 42.4. The van der Waals surface area contributed by atoms with Crippen LogP contribution in [0.25, 0.3) is 44.7 Å². The number of hydrogen-bond acceptors (Lipinski definition) is 6. The highest BCUT2D eigenvalue weighted by molar-refractivity contribution is 5.92. The summed E-state index contributed by atoms with van der Waals surface area (Å²) in [7, 11) is 1.28. The largest absolute Gasteiger partial charge is 0.493 e. The molecule has 1 saturated heterocycles. The van der Waals surface area contributed by atoms with Crippen molar-refractivity contribution in [1.82, 2.24) is 34.7 Å². The fraction of sp³-hybridized carbons (Fsp3) is 0.333. The van der Waals surface area contributed by atoms with Crippen LogP contribution in [0.2, 0.25) is 0 Å². The summed E-state index contributed by atoms with van der Waals surface area (Å²) >= 11 is 0. The molecule has 5 aromatic rings. The zero-order valence-corrected chi connectivity index (χ0v) is 25.0. The molecular formula is C33H35N7O4. The lowest BCUT2D eigenvalue weighted by atomic mass is 10.0. The number of nitrogens with one attached hydrogen (secondary N) is 3. The molecule has 11 heteroatoms. The molecule has 0 spiro atoms. The monoisotopic (exact) mass is 593 g/mol. The Morgan fingerprint density at radius 3 is 2.64 bits per heavy atom. The Labute approximate surface area is 254 Å². The molecule has 0 aliphatic carbocycles. The van der Waals surface area contributed by atoms with Crippen molar-refractivity contribution in [2.24, 2.45) is 0 Å². The van der Waals surface area contributed by atoms with E-state index in [0.29, 0.717) is 13.2 Å². The molecule has 2 aromatic carbocycles. The number of rotatable bonds is 5. The lowest BCUT2D eigenvalue weighted by Crippen LogP contribution is -2.46. The number of alkyl carbamates (subject to hydrolysis) is 1. The number of methoxy groups -OCH3 is 1. The highest BCUT2D eigenvalue weighted by atomic mass is 16.5. The minimum absolute atomic E-state index is 0.153. The van der Waals surface area contributed by atoms with Crippen molar-refractivity contribution >= 4 is 22.9 Å². The molecule has 2 atom stereocenters.